The van der Waals surface area contributed by atoms with Gasteiger partial charge in [-0.3, -0.25) is 4.79 Å². The average Bonchev–Trinajstić information content (AvgIpc) is 3.47. The van der Waals surface area contributed by atoms with Crippen LogP contribution >= 0.6 is 11.3 Å². The third kappa shape index (κ3) is 5.29. The zero-order valence-electron chi connectivity index (χ0n) is 19.2. The Morgan fingerprint density at radius 3 is 2.74 bits per heavy atom. The quantitative estimate of drug-likeness (QED) is 0.356. The lowest BCUT2D eigenvalue weighted by Crippen LogP contribution is -2.22. The molecule has 1 aromatic heterocycles. The molecule has 0 atom stereocenters. The summed E-state index contributed by atoms with van der Waals surface area (Å²) in [4.78, 5) is 19.8. The average molecular weight is 470 g/mol. The lowest BCUT2D eigenvalue weighted by molar-refractivity contribution is -0.115. The van der Waals surface area contributed by atoms with Gasteiger partial charge >= 0.3 is 0 Å². The van der Waals surface area contributed by atoms with Gasteiger partial charge in [0, 0.05) is 29.8 Å². The van der Waals surface area contributed by atoms with Crippen molar-refractivity contribution >= 4 is 28.6 Å². The first-order valence-electron chi connectivity index (χ1n) is 11.5. The van der Waals surface area contributed by atoms with E-state index in [0.717, 1.165) is 47.2 Å². The number of hydrogen-bond acceptors (Lipinski definition) is 5. The van der Waals surface area contributed by atoms with Crippen molar-refractivity contribution in [3.8, 4) is 5.75 Å². The van der Waals surface area contributed by atoms with E-state index in [0.29, 0.717) is 6.61 Å². The fraction of sp³-hybridized carbons (Fsp3) is 0.214. The standard InChI is InChI=1S/C28H27N3O2S/c1-20-10-12-24(13-11-20)33-18-28-29-23(19-34-28)16-27(32)30-25-8-4-2-7-22(25)17-31-15-14-21-6-3-5-9-26(21)31/h2-13,19H,14-18H2,1H3,(H,30,32). The molecule has 2 heterocycles. The molecule has 1 aliphatic rings. The van der Waals surface area contributed by atoms with Gasteiger partial charge in [-0.15, -0.1) is 11.3 Å². The smallest absolute Gasteiger partial charge is 0.230 e. The molecule has 5 rings (SSSR count). The predicted molar refractivity (Wildman–Crippen MR) is 138 cm³/mol. The first kappa shape index (κ1) is 22.2. The Balaban J connectivity index is 1.18. The number of aryl methyl sites for hydroxylation is 1. The van der Waals surface area contributed by atoms with Crippen LogP contribution in [0.4, 0.5) is 11.4 Å². The third-order valence-corrected chi connectivity index (χ3v) is 6.83. The van der Waals surface area contributed by atoms with Crippen molar-refractivity contribution in [2.75, 3.05) is 16.8 Å². The first-order valence-corrected chi connectivity index (χ1v) is 12.4. The van der Waals surface area contributed by atoms with Crippen LogP contribution in [0.25, 0.3) is 0 Å². The highest BCUT2D eigenvalue weighted by atomic mass is 32.1. The molecule has 34 heavy (non-hydrogen) atoms. The van der Waals surface area contributed by atoms with Crippen molar-refractivity contribution in [1.29, 1.82) is 0 Å². The van der Waals surface area contributed by atoms with Gasteiger partial charge in [-0.2, -0.15) is 0 Å². The minimum absolute atomic E-state index is 0.0643. The van der Waals surface area contributed by atoms with Crippen LogP contribution in [0.1, 0.15) is 27.4 Å². The summed E-state index contributed by atoms with van der Waals surface area (Å²) in [5.74, 6) is 0.753. The van der Waals surface area contributed by atoms with Crippen LogP contribution in [0.3, 0.4) is 0 Å². The summed E-state index contributed by atoms with van der Waals surface area (Å²) in [6.07, 6.45) is 1.30. The zero-order chi connectivity index (χ0) is 23.3. The van der Waals surface area contributed by atoms with Gasteiger partial charge in [-0.05, 0) is 48.7 Å². The van der Waals surface area contributed by atoms with Crippen molar-refractivity contribution in [1.82, 2.24) is 4.98 Å². The van der Waals surface area contributed by atoms with E-state index in [1.807, 2.05) is 54.8 Å². The second-order valence-corrected chi connectivity index (χ2v) is 9.46. The van der Waals surface area contributed by atoms with E-state index in [-0.39, 0.29) is 12.3 Å². The van der Waals surface area contributed by atoms with Crippen molar-refractivity contribution < 1.29 is 9.53 Å². The highest BCUT2D eigenvalue weighted by Gasteiger charge is 2.19. The van der Waals surface area contributed by atoms with Gasteiger partial charge < -0.3 is 15.0 Å². The Morgan fingerprint density at radius 2 is 1.85 bits per heavy atom. The number of aromatic nitrogens is 1. The van der Waals surface area contributed by atoms with Crippen LogP contribution in [0.5, 0.6) is 5.75 Å². The number of carbonyl (C=O) groups is 1. The number of nitrogens with zero attached hydrogens (tertiary/aromatic N) is 2. The summed E-state index contributed by atoms with van der Waals surface area (Å²) in [5, 5.41) is 5.89. The molecule has 0 radical (unpaired) electrons. The number of benzene rings is 3. The monoisotopic (exact) mass is 469 g/mol. The van der Waals surface area contributed by atoms with E-state index in [1.54, 1.807) is 0 Å². The summed E-state index contributed by atoms with van der Waals surface area (Å²) in [5.41, 5.74) is 6.59. The largest absolute Gasteiger partial charge is 0.486 e. The second-order valence-electron chi connectivity index (χ2n) is 8.52. The van der Waals surface area contributed by atoms with Crippen molar-refractivity contribution in [2.24, 2.45) is 0 Å². The number of thiazole rings is 1. The summed E-state index contributed by atoms with van der Waals surface area (Å²) in [7, 11) is 0. The normalized spacial score (nSPS) is 12.4. The Labute approximate surface area is 204 Å². The van der Waals surface area contributed by atoms with Gasteiger partial charge in [0.1, 0.15) is 17.4 Å². The number of carbonyl (C=O) groups excluding carboxylic acids is 1. The number of amides is 1. The van der Waals surface area contributed by atoms with Crippen LogP contribution in [-0.4, -0.2) is 17.4 Å². The van der Waals surface area contributed by atoms with Crippen LogP contribution in [-0.2, 0) is 30.8 Å². The number of hydrogen-bond donors (Lipinski definition) is 1. The number of fused-ring (bicyclic) bond motifs is 1. The summed E-state index contributed by atoms with van der Waals surface area (Å²) < 4.78 is 5.81. The van der Waals surface area contributed by atoms with Crippen molar-refractivity contribution in [2.45, 2.75) is 32.9 Å². The zero-order valence-corrected chi connectivity index (χ0v) is 20.0. The van der Waals surface area contributed by atoms with E-state index in [1.165, 1.54) is 28.2 Å². The molecule has 0 saturated heterocycles. The number of para-hydroxylation sites is 2. The fourth-order valence-corrected chi connectivity index (χ4v) is 4.90. The highest BCUT2D eigenvalue weighted by Crippen LogP contribution is 2.30. The van der Waals surface area contributed by atoms with Gasteiger partial charge in [0.15, 0.2) is 0 Å². The summed E-state index contributed by atoms with van der Waals surface area (Å²) >= 11 is 1.52. The molecule has 0 bridgehead atoms. The molecule has 0 spiro atoms. The number of ether oxygens (including phenoxy) is 1. The number of anilines is 2. The van der Waals surface area contributed by atoms with Gasteiger partial charge in [0.05, 0.1) is 12.1 Å². The lowest BCUT2D eigenvalue weighted by Gasteiger charge is -2.21. The number of rotatable bonds is 8. The molecule has 0 fully saturated rings. The second kappa shape index (κ2) is 10.1. The molecule has 4 aromatic rings. The molecular weight excluding hydrogens is 442 g/mol. The Hall–Kier alpha value is -3.64. The summed E-state index contributed by atoms with van der Waals surface area (Å²) in [6, 6.07) is 24.5. The first-order chi connectivity index (χ1) is 16.6. The van der Waals surface area contributed by atoms with Crippen molar-refractivity contribution in [3.63, 3.8) is 0 Å². The molecule has 3 aromatic carbocycles. The maximum Gasteiger partial charge on any atom is 0.230 e. The van der Waals surface area contributed by atoms with Crippen LogP contribution < -0.4 is 15.0 Å². The van der Waals surface area contributed by atoms with Crippen LogP contribution in [0, 0.1) is 6.92 Å². The molecule has 5 nitrogen and oxygen atoms in total. The van der Waals surface area contributed by atoms with E-state index in [4.69, 9.17) is 4.74 Å². The molecule has 1 amide bonds. The molecule has 0 unspecified atom stereocenters. The topological polar surface area (TPSA) is 54.5 Å². The molecule has 0 saturated carbocycles. The molecule has 1 N–H and O–H groups in total. The van der Waals surface area contributed by atoms with Gasteiger partial charge in [-0.25, -0.2) is 4.98 Å². The maximum absolute atomic E-state index is 12.8. The molecule has 172 valence electrons. The van der Waals surface area contributed by atoms with Crippen molar-refractivity contribution in [3.05, 3.63) is 106 Å². The highest BCUT2D eigenvalue weighted by molar-refractivity contribution is 7.09. The minimum Gasteiger partial charge on any atom is -0.486 e. The van der Waals surface area contributed by atoms with E-state index in [9.17, 15) is 4.79 Å². The third-order valence-electron chi connectivity index (χ3n) is 5.96. The molecular formula is C28H27N3O2S. The van der Waals surface area contributed by atoms with E-state index in [2.05, 4.69) is 45.5 Å². The van der Waals surface area contributed by atoms with Crippen LogP contribution in [0.15, 0.2) is 78.2 Å². The predicted octanol–water partition coefficient (Wildman–Crippen LogP) is 5.77. The SMILES string of the molecule is Cc1ccc(OCc2nc(CC(=O)Nc3ccccc3CN3CCc4ccccc43)cs2)cc1. The Bertz CT molecular complexity index is 1280. The lowest BCUT2D eigenvalue weighted by atomic mass is 10.1. The Morgan fingerprint density at radius 1 is 1.06 bits per heavy atom. The van der Waals surface area contributed by atoms with Gasteiger partial charge in [0.2, 0.25) is 5.91 Å². The van der Waals surface area contributed by atoms with Crippen LogP contribution in [0.2, 0.25) is 0 Å². The molecule has 0 aliphatic carbocycles. The number of nitrogens with one attached hydrogen (secondary N) is 1. The minimum atomic E-state index is -0.0643. The summed E-state index contributed by atoms with van der Waals surface area (Å²) in [6.45, 7) is 4.21. The van der Waals surface area contributed by atoms with E-state index < -0.39 is 0 Å². The fourth-order valence-electron chi connectivity index (χ4n) is 4.19. The van der Waals surface area contributed by atoms with Gasteiger partial charge in [0.25, 0.3) is 0 Å². The van der Waals surface area contributed by atoms with Gasteiger partial charge in [-0.1, -0.05) is 54.1 Å². The maximum atomic E-state index is 12.8. The Kier molecular flexibility index (Phi) is 6.58. The van der Waals surface area contributed by atoms with E-state index >= 15 is 0 Å². The molecule has 1 aliphatic heterocycles. The molecule has 6 heteroatoms.